The van der Waals surface area contributed by atoms with E-state index >= 15 is 0 Å². The van der Waals surface area contributed by atoms with Gasteiger partial charge in [-0.3, -0.25) is 0 Å². The second kappa shape index (κ2) is 5.24. The van der Waals surface area contributed by atoms with Crippen molar-refractivity contribution in [3.63, 3.8) is 0 Å². The fourth-order valence-corrected chi connectivity index (χ4v) is 2.51. The number of hydrogen-bond acceptors (Lipinski definition) is 4. The van der Waals surface area contributed by atoms with Gasteiger partial charge >= 0.3 is 0 Å². The Morgan fingerprint density at radius 2 is 2.21 bits per heavy atom. The molecule has 0 amide bonds. The summed E-state index contributed by atoms with van der Waals surface area (Å²) in [5, 5.41) is 6.42. The summed E-state index contributed by atoms with van der Waals surface area (Å²) >= 11 is 1.65. The molecule has 1 aromatic carbocycles. The first-order valence-electron chi connectivity index (χ1n) is 6.03. The number of aryl methyl sites for hydroxylation is 1. The zero-order valence-corrected chi connectivity index (χ0v) is 11.4. The minimum atomic E-state index is 0.713. The van der Waals surface area contributed by atoms with Crippen molar-refractivity contribution in [2.75, 3.05) is 5.32 Å². The Morgan fingerprint density at radius 1 is 1.26 bits per heavy atom. The van der Waals surface area contributed by atoms with Crippen LogP contribution in [-0.2, 0) is 13.6 Å². The topological polar surface area (TPSA) is 42.7 Å². The van der Waals surface area contributed by atoms with E-state index in [0.29, 0.717) is 6.54 Å². The van der Waals surface area contributed by atoms with Gasteiger partial charge in [0.25, 0.3) is 0 Å². The molecule has 0 bridgehead atoms. The summed E-state index contributed by atoms with van der Waals surface area (Å²) in [6.45, 7) is 0.713. The van der Waals surface area contributed by atoms with E-state index in [9.17, 15) is 0 Å². The van der Waals surface area contributed by atoms with Crippen molar-refractivity contribution < 1.29 is 0 Å². The maximum Gasteiger partial charge on any atom is 0.127 e. The maximum absolute atomic E-state index is 4.33. The van der Waals surface area contributed by atoms with Crippen LogP contribution < -0.4 is 5.32 Å². The molecule has 0 aliphatic heterocycles. The number of nitrogens with one attached hydrogen (secondary N) is 1. The molecule has 0 saturated carbocycles. The number of imidazole rings is 1. The Balaban J connectivity index is 1.75. The lowest BCUT2D eigenvalue weighted by Crippen LogP contribution is -2.05. The lowest BCUT2D eigenvalue weighted by molar-refractivity contribution is 0.813. The van der Waals surface area contributed by atoms with Gasteiger partial charge in [0, 0.05) is 42.3 Å². The highest BCUT2D eigenvalue weighted by molar-refractivity contribution is 7.13. The van der Waals surface area contributed by atoms with Gasteiger partial charge in [0.1, 0.15) is 10.8 Å². The molecule has 0 atom stereocenters. The number of rotatable bonds is 4. The van der Waals surface area contributed by atoms with Gasteiger partial charge in [-0.1, -0.05) is 12.1 Å². The number of anilines is 1. The lowest BCUT2D eigenvalue weighted by Gasteiger charge is -2.07. The monoisotopic (exact) mass is 270 g/mol. The summed E-state index contributed by atoms with van der Waals surface area (Å²) in [6, 6.07) is 8.28. The molecule has 3 aromatic rings. The predicted molar refractivity (Wildman–Crippen MR) is 78.1 cm³/mol. The molecule has 19 heavy (non-hydrogen) atoms. The zero-order chi connectivity index (χ0) is 13.1. The van der Waals surface area contributed by atoms with Crippen molar-refractivity contribution in [2.45, 2.75) is 6.54 Å². The highest BCUT2D eigenvalue weighted by atomic mass is 32.1. The lowest BCUT2D eigenvalue weighted by atomic mass is 10.2. The summed E-state index contributed by atoms with van der Waals surface area (Å²) in [4.78, 5) is 8.62. The summed E-state index contributed by atoms with van der Waals surface area (Å²) < 4.78 is 2.01. The van der Waals surface area contributed by atoms with Crippen molar-refractivity contribution in [1.29, 1.82) is 0 Å². The highest BCUT2D eigenvalue weighted by Crippen LogP contribution is 2.24. The van der Waals surface area contributed by atoms with Crippen molar-refractivity contribution in [2.24, 2.45) is 7.05 Å². The van der Waals surface area contributed by atoms with Crippen LogP contribution in [0.1, 0.15) is 5.82 Å². The minimum Gasteiger partial charge on any atom is -0.378 e. The molecule has 3 rings (SSSR count). The standard InChI is InChI=1S/C14H14N4S/c1-18-7-5-15-13(18)10-17-12-4-2-3-11(9-12)14-16-6-8-19-14/h2-9,17H,10H2,1H3. The van der Waals surface area contributed by atoms with E-state index in [0.717, 1.165) is 22.1 Å². The van der Waals surface area contributed by atoms with E-state index in [-0.39, 0.29) is 0 Å². The highest BCUT2D eigenvalue weighted by Gasteiger charge is 2.02. The number of thiazole rings is 1. The molecular formula is C14H14N4S. The van der Waals surface area contributed by atoms with E-state index in [1.165, 1.54) is 0 Å². The number of nitrogens with zero attached hydrogens (tertiary/aromatic N) is 3. The first-order valence-corrected chi connectivity index (χ1v) is 6.91. The van der Waals surface area contributed by atoms with E-state index in [2.05, 4.69) is 33.5 Å². The van der Waals surface area contributed by atoms with Crippen LogP contribution in [0.25, 0.3) is 10.6 Å². The maximum atomic E-state index is 4.33. The van der Waals surface area contributed by atoms with Crippen molar-refractivity contribution >= 4 is 17.0 Å². The molecule has 0 spiro atoms. The van der Waals surface area contributed by atoms with Crippen LogP contribution in [0.3, 0.4) is 0 Å². The Kier molecular flexibility index (Phi) is 3.29. The van der Waals surface area contributed by atoms with Crippen molar-refractivity contribution in [3.05, 3.63) is 54.1 Å². The first kappa shape index (κ1) is 11.9. The third-order valence-electron chi connectivity index (χ3n) is 2.91. The molecule has 0 radical (unpaired) electrons. The third-order valence-corrected chi connectivity index (χ3v) is 3.74. The normalized spacial score (nSPS) is 10.6. The second-order valence-corrected chi connectivity index (χ2v) is 5.12. The molecule has 5 heteroatoms. The van der Waals surface area contributed by atoms with Gasteiger partial charge in [-0.25, -0.2) is 9.97 Å². The summed E-state index contributed by atoms with van der Waals surface area (Å²) in [5.74, 6) is 1.01. The molecule has 1 N–H and O–H groups in total. The number of hydrogen-bond donors (Lipinski definition) is 1. The first-order chi connectivity index (χ1) is 9.33. The van der Waals surface area contributed by atoms with Gasteiger partial charge in [-0.15, -0.1) is 11.3 Å². The average molecular weight is 270 g/mol. The molecule has 0 unspecified atom stereocenters. The molecule has 0 aliphatic carbocycles. The third kappa shape index (κ3) is 2.66. The number of benzene rings is 1. The molecule has 2 heterocycles. The van der Waals surface area contributed by atoms with Crippen LogP contribution in [0.4, 0.5) is 5.69 Å². The summed E-state index contributed by atoms with van der Waals surface area (Å²) in [5.41, 5.74) is 2.22. The van der Waals surface area contributed by atoms with Gasteiger partial charge in [-0.05, 0) is 12.1 Å². The Morgan fingerprint density at radius 3 is 2.95 bits per heavy atom. The molecule has 2 aromatic heterocycles. The quantitative estimate of drug-likeness (QED) is 0.792. The molecule has 0 aliphatic rings. The molecular weight excluding hydrogens is 256 g/mol. The van der Waals surface area contributed by atoms with Crippen LogP contribution >= 0.6 is 11.3 Å². The van der Waals surface area contributed by atoms with Gasteiger partial charge in [-0.2, -0.15) is 0 Å². The molecule has 0 saturated heterocycles. The fourth-order valence-electron chi connectivity index (χ4n) is 1.88. The van der Waals surface area contributed by atoms with Crippen LogP contribution in [0.15, 0.2) is 48.2 Å². The smallest absolute Gasteiger partial charge is 0.127 e. The van der Waals surface area contributed by atoms with Gasteiger partial charge in [0.15, 0.2) is 0 Å². The Labute approximate surface area is 115 Å². The van der Waals surface area contributed by atoms with E-state index in [1.807, 2.05) is 41.7 Å². The molecule has 96 valence electrons. The van der Waals surface area contributed by atoms with Crippen LogP contribution in [0.5, 0.6) is 0 Å². The van der Waals surface area contributed by atoms with E-state index in [1.54, 1.807) is 11.3 Å². The van der Waals surface area contributed by atoms with Crippen LogP contribution in [0, 0.1) is 0 Å². The van der Waals surface area contributed by atoms with Crippen LogP contribution in [-0.4, -0.2) is 14.5 Å². The van der Waals surface area contributed by atoms with Crippen LogP contribution in [0.2, 0.25) is 0 Å². The van der Waals surface area contributed by atoms with Gasteiger partial charge < -0.3 is 9.88 Å². The zero-order valence-electron chi connectivity index (χ0n) is 10.6. The second-order valence-electron chi connectivity index (χ2n) is 4.23. The van der Waals surface area contributed by atoms with E-state index in [4.69, 9.17) is 0 Å². The summed E-state index contributed by atoms with van der Waals surface area (Å²) in [6.07, 6.45) is 5.58. The molecule has 0 fully saturated rings. The van der Waals surface area contributed by atoms with Crippen molar-refractivity contribution in [1.82, 2.24) is 14.5 Å². The largest absolute Gasteiger partial charge is 0.378 e. The van der Waals surface area contributed by atoms with Gasteiger partial charge in [0.05, 0.1) is 6.54 Å². The SMILES string of the molecule is Cn1ccnc1CNc1cccc(-c2nccs2)c1. The molecule has 4 nitrogen and oxygen atoms in total. The minimum absolute atomic E-state index is 0.713. The van der Waals surface area contributed by atoms with Gasteiger partial charge in [0.2, 0.25) is 0 Å². The van der Waals surface area contributed by atoms with E-state index < -0.39 is 0 Å². The average Bonchev–Trinajstić information content (AvgIpc) is 3.08. The predicted octanol–water partition coefficient (Wildman–Crippen LogP) is 3.16. The number of aromatic nitrogens is 3. The Bertz CT molecular complexity index is 658. The van der Waals surface area contributed by atoms with Crippen molar-refractivity contribution in [3.8, 4) is 10.6 Å². The summed E-state index contributed by atoms with van der Waals surface area (Å²) in [7, 11) is 2.00. The fraction of sp³-hybridized carbons (Fsp3) is 0.143. The Hall–Kier alpha value is -2.14.